The lowest BCUT2D eigenvalue weighted by Gasteiger charge is -2.42. The van der Waals surface area contributed by atoms with Gasteiger partial charge >= 0.3 is 0 Å². The van der Waals surface area contributed by atoms with E-state index in [-0.39, 0.29) is 11.9 Å². The van der Waals surface area contributed by atoms with E-state index in [1.807, 2.05) is 60.7 Å². The summed E-state index contributed by atoms with van der Waals surface area (Å²) in [4.78, 5) is 13.8. The number of benzene rings is 2. The number of carbonyl (C=O) groups excluding carboxylic acids is 1. The van der Waals surface area contributed by atoms with E-state index in [4.69, 9.17) is 0 Å². The molecule has 2 heteroatoms. The largest absolute Gasteiger partial charge is 0.297 e. The zero-order valence-electron chi connectivity index (χ0n) is 9.91. The first-order valence-corrected chi connectivity index (χ1v) is 5.91. The predicted molar refractivity (Wildman–Crippen MR) is 72.3 cm³/mol. The Morgan fingerprint density at radius 2 is 1.44 bits per heavy atom. The molecule has 18 heavy (non-hydrogen) atoms. The molecule has 0 aromatic heterocycles. The minimum absolute atomic E-state index is 0.00931. The lowest BCUT2D eigenvalue weighted by atomic mass is 9.88. The zero-order valence-corrected chi connectivity index (χ0v) is 9.91. The molecule has 1 amide bonds. The number of carbonyl (C=O) groups is 1. The van der Waals surface area contributed by atoms with Gasteiger partial charge < -0.3 is 0 Å². The highest BCUT2D eigenvalue weighted by molar-refractivity contribution is 6.14. The third-order valence-electron chi connectivity index (χ3n) is 3.23. The summed E-state index contributed by atoms with van der Waals surface area (Å²) in [7, 11) is 0. The van der Waals surface area contributed by atoms with Crippen molar-refractivity contribution in [2.45, 2.75) is 6.04 Å². The third-order valence-corrected chi connectivity index (χ3v) is 3.23. The number of β-lactam (4-membered cyclic amide) rings is 1. The molecule has 1 atom stereocenters. The van der Waals surface area contributed by atoms with Crippen LogP contribution in [-0.2, 0) is 4.79 Å². The van der Waals surface area contributed by atoms with Gasteiger partial charge in [-0.3, -0.25) is 9.69 Å². The molecule has 0 spiro atoms. The van der Waals surface area contributed by atoms with Crippen molar-refractivity contribution >= 4 is 11.6 Å². The second-order valence-corrected chi connectivity index (χ2v) is 4.35. The fourth-order valence-corrected chi connectivity index (χ4v) is 2.32. The van der Waals surface area contributed by atoms with Crippen molar-refractivity contribution in [3.63, 3.8) is 0 Å². The van der Waals surface area contributed by atoms with Crippen LogP contribution in [0.1, 0.15) is 11.6 Å². The number of amides is 1. The van der Waals surface area contributed by atoms with Crippen LogP contribution in [0.15, 0.2) is 72.8 Å². The van der Waals surface area contributed by atoms with Crippen LogP contribution in [-0.4, -0.2) is 5.91 Å². The molecular formula is C16H13NO. The van der Waals surface area contributed by atoms with Crippen LogP contribution >= 0.6 is 0 Å². The molecule has 2 aromatic carbocycles. The first kappa shape index (κ1) is 10.8. The molecule has 1 unspecified atom stereocenters. The van der Waals surface area contributed by atoms with Crippen LogP contribution in [0.4, 0.5) is 5.69 Å². The van der Waals surface area contributed by atoms with Crippen molar-refractivity contribution in [2.24, 2.45) is 0 Å². The Morgan fingerprint density at radius 3 is 2.06 bits per heavy atom. The van der Waals surface area contributed by atoms with E-state index in [0.29, 0.717) is 5.57 Å². The Morgan fingerprint density at radius 1 is 0.889 bits per heavy atom. The van der Waals surface area contributed by atoms with E-state index in [2.05, 4.69) is 6.58 Å². The molecule has 0 saturated carbocycles. The topological polar surface area (TPSA) is 20.3 Å². The highest BCUT2D eigenvalue weighted by atomic mass is 16.2. The lowest BCUT2D eigenvalue weighted by Crippen LogP contribution is -2.48. The molecular weight excluding hydrogens is 222 g/mol. The first-order chi connectivity index (χ1) is 8.79. The zero-order chi connectivity index (χ0) is 12.5. The summed E-state index contributed by atoms with van der Waals surface area (Å²) >= 11 is 0. The van der Waals surface area contributed by atoms with Gasteiger partial charge in [0, 0.05) is 11.3 Å². The lowest BCUT2D eigenvalue weighted by molar-refractivity contribution is -0.118. The Kier molecular flexibility index (Phi) is 2.49. The Bertz CT molecular complexity index is 534. The third kappa shape index (κ3) is 1.54. The van der Waals surface area contributed by atoms with Gasteiger partial charge in [-0.2, -0.15) is 0 Å². The maximum absolute atomic E-state index is 12.0. The van der Waals surface area contributed by atoms with E-state index in [9.17, 15) is 4.79 Å². The van der Waals surface area contributed by atoms with Gasteiger partial charge in [-0.1, -0.05) is 55.1 Å². The van der Waals surface area contributed by atoms with Crippen LogP contribution in [0.25, 0.3) is 0 Å². The summed E-state index contributed by atoms with van der Waals surface area (Å²) in [5, 5.41) is 0. The van der Waals surface area contributed by atoms with Crippen molar-refractivity contribution in [2.75, 3.05) is 4.90 Å². The summed E-state index contributed by atoms with van der Waals surface area (Å²) in [5.41, 5.74) is 2.68. The normalized spacial score (nSPS) is 18.7. The molecule has 0 N–H and O–H groups in total. The molecule has 2 nitrogen and oxygen atoms in total. The second-order valence-electron chi connectivity index (χ2n) is 4.35. The molecule has 1 aliphatic rings. The maximum atomic E-state index is 12.0. The number of anilines is 1. The van der Waals surface area contributed by atoms with Crippen LogP contribution in [0.2, 0.25) is 0 Å². The van der Waals surface area contributed by atoms with Crippen molar-refractivity contribution in [1.29, 1.82) is 0 Å². The number of nitrogens with zero attached hydrogens (tertiary/aromatic N) is 1. The summed E-state index contributed by atoms with van der Waals surface area (Å²) < 4.78 is 0. The monoisotopic (exact) mass is 235 g/mol. The minimum Gasteiger partial charge on any atom is -0.297 e. The quantitative estimate of drug-likeness (QED) is 0.577. The Hall–Kier alpha value is -2.35. The van der Waals surface area contributed by atoms with E-state index in [1.54, 1.807) is 4.90 Å². The van der Waals surface area contributed by atoms with E-state index < -0.39 is 0 Å². The number of para-hydroxylation sites is 1. The fourth-order valence-electron chi connectivity index (χ4n) is 2.32. The molecule has 1 heterocycles. The summed E-state index contributed by atoms with van der Waals surface area (Å²) in [6.07, 6.45) is 0. The standard InChI is InChI=1S/C16H13NO/c1-12-15(13-8-4-2-5-9-13)17(16(12)18)14-10-6-3-7-11-14/h2-11,15H,1H2. The predicted octanol–water partition coefficient (Wildman–Crippen LogP) is 3.33. The van der Waals surface area contributed by atoms with E-state index in [1.165, 1.54) is 0 Å². The van der Waals surface area contributed by atoms with Gasteiger partial charge in [0.1, 0.15) is 0 Å². The SMILES string of the molecule is C=C1C(=O)N(c2ccccc2)C1c1ccccc1. The van der Waals surface area contributed by atoms with E-state index in [0.717, 1.165) is 11.3 Å². The number of hydrogen-bond donors (Lipinski definition) is 0. The van der Waals surface area contributed by atoms with Gasteiger partial charge in [-0.15, -0.1) is 0 Å². The Labute approximate surface area is 106 Å². The average Bonchev–Trinajstić information content (AvgIpc) is 2.45. The average molecular weight is 235 g/mol. The van der Waals surface area contributed by atoms with Gasteiger partial charge in [-0.25, -0.2) is 0 Å². The van der Waals surface area contributed by atoms with Crippen LogP contribution in [0.5, 0.6) is 0 Å². The molecule has 1 fully saturated rings. The van der Waals surface area contributed by atoms with Crippen LogP contribution < -0.4 is 4.90 Å². The number of rotatable bonds is 2. The van der Waals surface area contributed by atoms with Crippen LogP contribution in [0, 0.1) is 0 Å². The minimum atomic E-state index is -0.0268. The van der Waals surface area contributed by atoms with Gasteiger partial charge in [0.05, 0.1) is 6.04 Å². The summed E-state index contributed by atoms with van der Waals surface area (Å²) in [6, 6.07) is 19.7. The molecule has 0 bridgehead atoms. The molecule has 0 radical (unpaired) electrons. The molecule has 1 saturated heterocycles. The summed E-state index contributed by atoms with van der Waals surface area (Å²) in [5.74, 6) is 0.00931. The fraction of sp³-hybridized carbons (Fsp3) is 0.0625. The van der Waals surface area contributed by atoms with Gasteiger partial charge in [0.25, 0.3) is 5.91 Å². The Balaban J connectivity index is 2.00. The van der Waals surface area contributed by atoms with Gasteiger partial charge in [0.2, 0.25) is 0 Å². The highest BCUT2D eigenvalue weighted by Crippen LogP contribution is 2.41. The van der Waals surface area contributed by atoms with Crippen molar-refractivity contribution in [3.8, 4) is 0 Å². The van der Waals surface area contributed by atoms with Crippen molar-refractivity contribution in [1.82, 2.24) is 0 Å². The molecule has 88 valence electrons. The molecule has 0 aliphatic carbocycles. The smallest absolute Gasteiger partial charge is 0.256 e. The summed E-state index contributed by atoms with van der Waals surface area (Å²) in [6.45, 7) is 3.88. The van der Waals surface area contributed by atoms with Crippen molar-refractivity contribution in [3.05, 3.63) is 78.4 Å². The maximum Gasteiger partial charge on any atom is 0.256 e. The van der Waals surface area contributed by atoms with E-state index >= 15 is 0 Å². The molecule has 3 rings (SSSR count). The molecule has 2 aromatic rings. The van der Waals surface area contributed by atoms with Crippen molar-refractivity contribution < 1.29 is 4.79 Å². The van der Waals surface area contributed by atoms with Gasteiger partial charge in [0.15, 0.2) is 0 Å². The number of hydrogen-bond acceptors (Lipinski definition) is 1. The highest BCUT2D eigenvalue weighted by Gasteiger charge is 2.42. The second kappa shape index (κ2) is 4.15. The first-order valence-electron chi connectivity index (χ1n) is 5.91. The van der Waals surface area contributed by atoms with Gasteiger partial charge in [-0.05, 0) is 17.7 Å². The van der Waals surface area contributed by atoms with Crippen LogP contribution in [0.3, 0.4) is 0 Å². The molecule has 1 aliphatic heterocycles.